The van der Waals surface area contributed by atoms with Gasteiger partial charge in [-0.15, -0.1) is 0 Å². The molecule has 0 saturated carbocycles. The average Bonchev–Trinajstić information content (AvgIpc) is 2.38. The molecule has 0 amide bonds. The maximum Gasteiger partial charge on any atom is 0.0726 e. The van der Waals surface area contributed by atoms with Crippen LogP contribution in [0.4, 0.5) is 5.69 Å². The summed E-state index contributed by atoms with van der Waals surface area (Å²) in [6.07, 6.45) is 2.64. The number of hydrogen-bond donors (Lipinski definition) is 0. The molecule has 0 aliphatic carbocycles. The van der Waals surface area contributed by atoms with E-state index in [1.807, 2.05) is 0 Å². The standard InChI is InChI=1S/C16H19BrN2/c1-11-4-3-7-19(10-11)16-8-12(2)18-15-6-5-13(17)9-14(15)16/h5-6,8-9,11H,3-4,7,10H2,1-2H3. The predicted molar refractivity (Wildman–Crippen MR) is 84.8 cm³/mol. The van der Waals surface area contributed by atoms with E-state index in [1.54, 1.807) is 0 Å². The van der Waals surface area contributed by atoms with Crippen LogP contribution in [0.1, 0.15) is 25.5 Å². The van der Waals surface area contributed by atoms with Crippen LogP contribution in [-0.2, 0) is 0 Å². The van der Waals surface area contributed by atoms with Crippen LogP contribution in [0, 0.1) is 12.8 Å². The monoisotopic (exact) mass is 318 g/mol. The van der Waals surface area contributed by atoms with E-state index in [0.29, 0.717) is 0 Å². The molecule has 0 spiro atoms. The molecule has 3 rings (SSSR count). The van der Waals surface area contributed by atoms with Gasteiger partial charge in [0.15, 0.2) is 0 Å². The molecular weight excluding hydrogens is 300 g/mol. The first kappa shape index (κ1) is 12.9. The smallest absolute Gasteiger partial charge is 0.0726 e. The number of nitrogens with zero attached hydrogens (tertiary/aromatic N) is 2. The highest BCUT2D eigenvalue weighted by atomic mass is 79.9. The molecule has 0 bridgehead atoms. The van der Waals surface area contributed by atoms with Gasteiger partial charge in [0.1, 0.15) is 0 Å². The van der Waals surface area contributed by atoms with Crippen LogP contribution in [0.3, 0.4) is 0 Å². The molecule has 2 nitrogen and oxygen atoms in total. The van der Waals surface area contributed by atoms with Crippen molar-refractivity contribution < 1.29 is 0 Å². The topological polar surface area (TPSA) is 16.1 Å². The summed E-state index contributed by atoms with van der Waals surface area (Å²) in [7, 11) is 0. The second-order valence-corrected chi connectivity index (χ2v) is 6.55. The number of piperidine rings is 1. The Hall–Kier alpha value is -1.09. The van der Waals surface area contributed by atoms with Gasteiger partial charge in [-0.3, -0.25) is 4.98 Å². The van der Waals surface area contributed by atoms with Crippen LogP contribution in [0.2, 0.25) is 0 Å². The second-order valence-electron chi connectivity index (χ2n) is 5.64. The summed E-state index contributed by atoms with van der Waals surface area (Å²) in [5, 5.41) is 1.26. The largest absolute Gasteiger partial charge is 0.371 e. The van der Waals surface area contributed by atoms with E-state index in [9.17, 15) is 0 Å². The molecular formula is C16H19BrN2. The molecule has 2 aromatic rings. The van der Waals surface area contributed by atoms with Crippen LogP contribution < -0.4 is 4.90 Å². The molecule has 1 aromatic carbocycles. The van der Waals surface area contributed by atoms with Crippen molar-refractivity contribution in [2.45, 2.75) is 26.7 Å². The number of anilines is 1. The summed E-state index contributed by atoms with van der Waals surface area (Å²) in [5.74, 6) is 0.782. The molecule has 1 saturated heterocycles. The van der Waals surface area contributed by atoms with E-state index in [4.69, 9.17) is 0 Å². The fraction of sp³-hybridized carbons (Fsp3) is 0.438. The maximum absolute atomic E-state index is 4.64. The predicted octanol–water partition coefficient (Wildman–Crippen LogP) is 4.54. The third-order valence-electron chi connectivity index (χ3n) is 3.87. The summed E-state index contributed by atoms with van der Waals surface area (Å²) in [5.41, 5.74) is 3.54. The summed E-state index contributed by atoms with van der Waals surface area (Å²) in [4.78, 5) is 7.17. The van der Waals surface area contributed by atoms with Crippen molar-refractivity contribution in [3.8, 4) is 0 Å². The van der Waals surface area contributed by atoms with Crippen LogP contribution in [0.15, 0.2) is 28.7 Å². The second kappa shape index (κ2) is 5.12. The Bertz CT molecular complexity index is 609. The highest BCUT2D eigenvalue weighted by molar-refractivity contribution is 9.10. The Morgan fingerprint density at radius 2 is 2.16 bits per heavy atom. The van der Waals surface area contributed by atoms with Crippen molar-refractivity contribution in [2.24, 2.45) is 5.92 Å². The fourth-order valence-corrected chi connectivity index (χ4v) is 3.34. The average molecular weight is 319 g/mol. The molecule has 1 fully saturated rings. The van der Waals surface area contributed by atoms with E-state index in [0.717, 1.165) is 34.7 Å². The zero-order valence-electron chi connectivity index (χ0n) is 11.5. The van der Waals surface area contributed by atoms with Crippen molar-refractivity contribution in [3.05, 3.63) is 34.4 Å². The first-order chi connectivity index (χ1) is 9.13. The lowest BCUT2D eigenvalue weighted by atomic mass is 9.99. The van der Waals surface area contributed by atoms with E-state index >= 15 is 0 Å². The first-order valence-corrected chi connectivity index (χ1v) is 7.74. The summed E-state index contributed by atoms with van der Waals surface area (Å²) >= 11 is 3.57. The summed E-state index contributed by atoms with van der Waals surface area (Å²) < 4.78 is 1.12. The van der Waals surface area contributed by atoms with Crippen molar-refractivity contribution in [2.75, 3.05) is 18.0 Å². The number of hydrogen-bond acceptors (Lipinski definition) is 2. The minimum atomic E-state index is 0.782. The normalized spacial score (nSPS) is 19.9. The number of pyridine rings is 1. The minimum absolute atomic E-state index is 0.782. The molecule has 1 unspecified atom stereocenters. The Kier molecular flexibility index (Phi) is 3.48. The third kappa shape index (κ3) is 2.62. The number of rotatable bonds is 1. The lowest BCUT2D eigenvalue weighted by Gasteiger charge is -2.33. The number of benzene rings is 1. The highest BCUT2D eigenvalue weighted by Gasteiger charge is 2.19. The molecule has 0 N–H and O–H groups in total. The molecule has 100 valence electrons. The molecule has 19 heavy (non-hydrogen) atoms. The van der Waals surface area contributed by atoms with Crippen molar-refractivity contribution >= 4 is 32.5 Å². The highest BCUT2D eigenvalue weighted by Crippen LogP contribution is 2.31. The Labute approximate surface area is 123 Å². The van der Waals surface area contributed by atoms with Gasteiger partial charge >= 0.3 is 0 Å². The van der Waals surface area contributed by atoms with Crippen molar-refractivity contribution in [1.29, 1.82) is 0 Å². The van der Waals surface area contributed by atoms with Gasteiger partial charge in [0.05, 0.1) is 5.52 Å². The van der Waals surface area contributed by atoms with Crippen LogP contribution >= 0.6 is 15.9 Å². The lowest BCUT2D eigenvalue weighted by molar-refractivity contribution is 0.447. The van der Waals surface area contributed by atoms with E-state index in [-0.39, 0.29) is 0 Å². The van der Waals surface area contributed by atoms with Crippen LogP contribution in [0.5, 0.6) is 0 Å². The Balaban J connectivity index is 2.13. The van der Waals surface area contributed by atoms with Gasteiger partial charge in [0.25, 0.3) is 0 Å². The number of halogens is 1. The SMILES string of the molecule is Cc1cc(N2CCCC(C)C2)c2cc(Br)ccc2n1. The minimum Gasteiger partial charge on any atom is -0.371 e. The summed E-state index contributed by atoms with van der Waals surface area (Å²) in [6, 6.07) is 8.59. The zero-order chi connectivity index (χ0) is 13.4. The lowest BCUT2D eigenvalue weighted by Crippen LogP contribution is -2.34. The Morgan fingerprint density at radius 3 is 2.95 bits per heavy atom. The van der Waals surface area contributed by atoms with Gasteiger partial charge in [0, 0.05) is 34.3 Å². The van der Waals surface area contributed by atoms with Crippen LogP contribution in [-0.4, -0.2) is 18.1 Å². The van der Waals surface area contributed by atoms with E-state index in [1.165, 1.54) is 23.9 Å². The number of aryl methyl sites for hydroxylation is 1. The molecule has 1 atom stereocenters. The third-order valence-corrected chi connectivity index (χ3v) is 4.37. The van der Waals surface area contributed by atoms with E-state index < -0.39 is 0 Å². The fourth-order valence-electron chi connectivity index (χ4n) is 2.98. The maximum atomic E-state index is 4.64. The van der Waals surface area contributed by atoms with E-state index in [2.05, 4.69) is 63.9 Å². The molecule has 1 aromatic heterocycles. The van der Waals surface area contributed by atoms with Gasteiger partial charge in [-0.2, -0.15) is 0 Å². The van der Waals surface area contributed by atoms with Gasteiger partial charge in [-0.05, 0) is 49.9 Å². The molecule has 0 radical (unpaired) electrons. The summed E-state index contributed by atoms with van der Waals surface area (Å²) in [6.45, 7) is 6.75. The zero-order valence-corrected chi connectivity index (χ0v) is 13.1. The van der Waals surface area contributed by atoms with Gasteiger partial charge in [0.2, 0.25) is 0 Å². The van der Waals surface area contributed by atoms with Gasteiger partial charge in [-0.1, -0.05) is 22.9 Å². The van der Waals surface area contributed by atoms with Gasteiger partial charge in [-0.25, -0.2) is 0 Å². The number of fused-ring (bicyclic) bond motifs is 1. The molecule has 1 aliphatic rings. The van der Waals surface area contributed by atoms with Gasteiger partial charge < -0.3 is 4.90 Å². The molecule has 2 heterocycles. The van der Waals surface area contributed by atoms with Crippen molar-refractivity contribution in [3.63, 3.8) is 0 Å². The first-order valence-electron chi connectivity index (χ1n) is 6.95. The number of aromatic nitrogens is 1. The quantitative estimate of drug-likeness (QED) is 0.767. The van der Waals surface area contributed by atoms with Crippen LogP contribution in [0.25, 0.3) is 10.9 Å². The molecule has 1 aliphatic heterocycles. The molecule has 3 heteroatoms. The Morgan fingerprint density at radius 1 is 1.32 bits per heavy atom. The van der Waals surface area contributed by atoms with Crippen molar-refractivity contribution in [1.82, 2.24) is 4.98 Å².